The Bertz CT molecular complexity index is 1290. The van der Waals surface area contributed by atoms with Crippen LogP contribution in [0, 0.1) is 0 Å². The van der Waals surface area contributed by atoms with Gasteiger partial charge in [0, 0.05) is 24.3 Å². The summed E-state index contributed by atoms with van der Waals surface area (Å²) in [5, 5.41) is 2.87. The number of alkyl halides is 3. The number of anilines is 1. The van der Waals surface area contributed by atoms with Gasteiger partial charge in [-0.25, -0.2) is 19.9 Å². The van der Waals surface area contributed by atoms with Crippen LogP contribution >= 0.6 is 11.3 Å². The molecule has 3 heterocycles. The third kappa shape index (κ3) is 4.56. The predicted molar refractivity (Wildman–Crippen MR) is 109 cm³/mol. The summed E-state index contributed by atoms with van der Waals surface area (Å²) in [4.78, 5) is 39.7. The SMILES string of the molecule is NC(=O)C(c1nccc(C(F)(F)F)n1)c1nc2cc(NC(=O)Cn3ccnc3)ccc2s1. The normalized spacial score (nSPS) is 12.6. The quantitative estimate of drug-likeness (QED) is 0.454. The number of aromatic nitrogens is 5. The van der Waals surface area contributed by atoms with Crippen molar-refractivity contribution >= 4 is 39.1 Å². The van der Waals surface area contributed by atoms with E-state index in [0.29, 0.717) is 22.0 Å². The highest BCUT2D eigenvalue weighted by atomic mass is 32.1. The molecule has 0 saturated carbocycles. The molecule has 1 atom stereocenters. The van der Waals surface area contributed by atoms with Gasteiger partial charge >= 0.3 is 6.18 Å². The average Bonchev–Trinajstić information content (AvgIpc) is 3.36. The number of nitrogens with two attached hydrogens (primary N) is 1. The van der Waals surface area contributed by atoms with Crippen LogP contribution in [-0.4, -0.2) is 36.3 Å². The third-order valence-electron chi connectivity index (χ3n) is 4.33. The van der Waals surface area contributed by atoms with Crippen molar-refractivity contribution in [3.8, 4) is 0 Å². The van der Waals surface area contributed by atoms with Crippen LogP contribution in [0.15, 0.2) is 49.2 Å². The standard InChI is InChI=1S/C19H14F3N7O2S/c20-19(21,22)13-3-4-25-17(28-13)15(16(23)31)18-27-11-7-10(1-2-12(11)32-18)26-14(30)8-29-6-5-24-9-29/h1-7,9,15H,8H2,(H2,23,31)(H,26,30). The van der Waals surface area contributed by atoms with E-state index >= 15 is 0 Å². The lowest BCUT2D eigenvalue weighted by molar-refractivity contribution is -0.141. The van der Waals surface area contributed by atoms with Gasteiger partial charge in [0.1, 0.15) is 29.0 Å². The number of carbonyl (C=O) groups is 2. The molecule has 0 bridgehead atoms. The molecule has 0 fully saturated rings. The summed E-state index contributed by atoms with van der Waals surface area (Å²) >= 11 is 1.07. The van der Waals surface area contributed by atoms with Gasteiger partial charge in [-0.05, 0) is 24.3 Å². The molecule has 4 aromatic rings. The van der Waals surface area contributed by atoms with E-state index in [1.165, 1.54) is 6.33 Å². The molecular weight excluding hydrogens is 447 g/mol. The minimum Gasteiger partial charge on any atom is -0.369 e. The van der Waals surface area contributed by atoms with Crippen LogP contribution in [0.25, 0.3) is 10.2 Å². The smallest absolute Gasteiger partial charge is 0.369 e. The van der Waals surface area contributed by atoms with Crippen molar-refractivity contribution in [2.24, 2.45) is 5.73 Å². The molecule has 0 spiro atoms. The molecule has 3 aromatic heterocycles. The topological polar surface area (TPSA) is 129 Å². The first-order valence-corrected chi connectivity index (χ1v) is 9.88. The monoisotopic (exact) mass is 461 g/mol. The number of fused-ring (bicyclic) bond motifs is 1. The van der Waals surface area contributed by atoms with Crippen LogP contribution in [0.1, 0.15) is 22.4 Å². The van der Waals surface area contributed by atoms with E-state index in [2.05, 4.69) is 25.3 Å². The lowest BCUT2D eigenvalue weighted by Gasteiger charge is -2.11. The van der Waals surface area contributed by atoms with Crippen molar-refractivity contribution in [2.45, 2.75) is 18.6 Å². The average molecular weight is 461 g/mol. The number of benzene rings is 1. The number of hydrogen-bond acceptors (Lipinski definition) is 7. The summed E-state index contributed by atoms with van der Waals surface area (Å²) in [6.07, 6.45) is 0.934. The highest BCUT2D eigenvalue weighted by Gasteiger charge is 2.35. The number of imidazole rings is 1. The maximum Gasteiger partial charge on any atom is 0.433 e. The van der Waals surface area contributed by atoms with Gasteiger partial charge in [-0.15, -0.1) is 11.3 Å². The summed E-state index contributed by atoms with van der Waals surface area (Å²) < 4.78 is 41.3. The number of rotatable bonds is 6. The number of nitrogens with zero attached hydrogens (tertiary/aromatic N) is 5. The fourth-order valence-electron chi connectivity index (χ4n) is 2.92. The number of nitrogens with one attached hydrogen (secondary N) is 1. The minimum absolute atomic E-state index is 0.0665. The van der Waals surface area contributed by atoms with Crippen LogP contribution in [0.3, 0.4) is 0 Å². The first-order chi connectivity index (χ1) is 15.2. The summed E-state index contributed by atoms with van der Waals surface area (Å²) in [6.45, 7) is 0.0665. The predicted octanol–water partition coefficient (Wildman–Crippen LogP) is 2.56. The molecule has 4 rings (SSSR count). The Labute approximate surface area is 182 Å². The number of thiazole rings is 1. The number of primary amides is 1. The Morgan fingerprint density at radius 2 is 2.00 bits per heavy atom. The fourth-order valence-corrected chi connectivity index (χ4v) is 3.98. The second-order valence-corrected chi connectivity index (χ2v) is 7.71. The van der Waals surface area contributed by atoms with E-state index in [-0.39, 0.29) is 23.3 Å². The molecule has 0 radical (unpaired) electrons. The van der Waals surface area contributed by atoms with E-state index in [4.69, 9.17) is 5.73 Å². The highest BCUT2D eigenvalue weighted by molar-refractivity contribution is 7.18. The zero-order chi connectivity index (χ0) is 22.9. The summed E-state index contributed by atoms with van der Waals surface area (Å²) in [7, 11) is 0. The molecule has 9 nitrogen and oxygen atoms in total. The van der Waals surface area contributed by atoms with Crippen molar-refractivity contribution < 1.29 is 22.8 Å². The van der Waals surface area contributed by atoms with Crippen LogP contribution < -0.4 is 11.1 Å². The van der Waals surface area contributed by atoms with Gasteiger partial charge < -0.3 is 15.6 Å². The Balaban J connectivity index is 1.62. The molecule has 32 heavy (non-hydrogen) atoms. The molecule has 164 valence electrons. The molecule has 0 aliphatic carbocycles. The molecule has 13 heteroatoms. The maximum absolute atomic E-state index is 13.0. The Morgan fingerprint density at radius 3 is 2.69 bits per heavy atom. The van der Waals surface area contributed by atoms with Crippen molar-refractivity contribution in [2.75, 3.05) is 5.32 Å². The summed E-state index contributed by atoms with van der Waals surface area (Å²) in [6, 6.07) is 5.62. The van der Waals surface area contributed by atoms with E-state index in [1.807, 2.05) is 0 Å². The third-order valence-corrected chi connectivity index (χ3v) is 5.43. The Morgan fingerprint density at radius 1 is 1.19 bits per heavy atom. The maximum atomic E-state index is 13.0. The van der Waals surface area contributed by atoms with Gasteiger partial charge in [-0.1, -0.05) is 0 Å². The van der Waals surface area contributed by atoms with Crippen molar-refractivity contribution in [1.29, 1.82) is 0 Å². The molecule has 2 amide bonds. The fraction of sp³-hybridized carbons (Fsp3) is 0.158. The highest BCUT2D eigenvalue weighted by Crippen LogP contribution is 2.33. The second-order valence-electron chi connectivity index (χ2n) is 6.65. The first kappa shape index (κ1) is 21.4. The van der Waals surface area contributed by atoms with Gasteiger partial charge in [0.25, 0.3) is 0 Å². The summed E-state index contributed by atoms with van der Waals surface area (Å²) in [5.74, 6) is -2.96. The van der Waals surface area contributed by atoms with Crippen LogP contribution in [0.5, 0.6) is 0 Å². The lowest BCUT2D eigenvalue weighted by Crippen LogP contribution is -2.25. The van der Waals surface area contributed by atoms with E-state index in [9.17, 15) is 22.8 Å². The molecule has 1 unspecified atom stereocenters. The molecule has 0 aliphatic rings. The van der Waals surface area contributed by atoms with E-state index in [1.54, 1.807) is 35.2 Å². The largest absolute Gasteiger partial charge is 0.433 e. The van der Waals surface area contributed by atoms with Crippen LogP contribution in [0.2, 0.25) is 0 Å². The Kier molecular flexibility index (Phi) is 5.57. The zero-order valence-electron chi connectivity index (χ0n) is 16.1. The number of carbonyl (C=O) groups excluding carboxylic acids is 2. The molecular formula is C19H14F3N7O2S. The van der Waals surface area contributed by atoms with E-state index in [0.717, 1.165) is 17.5 Å². The molecule has 0 aliphatic heterocycles. The van der Waals surface area contributed by atoms with Crippen molar-refractivity contribution in [1.82, 2.24) is 24.5 Å². The van der Waals surface area contributed by atoms with Gasteiger partial charge in [0.05, 0.1) is 16.5 Å². The van der Waals surface area contributed by atoms with E-state index < -0.39 is 23.7 Å². The Hall–Kier alpha value is -3.87. The molecule has 1 aromatic carbocycles. The minimum atomic E-state index is -4.70. The van der Waals surface area contributed by atoms with Gasteiger partial charge in [-0.3, -0.25) is 9.59 Å². The van der Waals surface area contributed by atoms with Crippen LogP contribution in [0.4, 0.5) is 18.9 Å². The van der Waals surface area contributed by atoms with Gasteiger partial charge in [0.15, 0.2) is 0 Å². The number of hydrogen-bond donors (Lipinski definition) is 2. The van der Waals surface area contributed by atoms with Crippen LogP contribution in [-0.2, 0) is 22.3 Å². The van der Waals surface area contributed by atoms with Gasteiger partial charge in [-0.2, -0.15) is 13.2 Å². The second kappa shape index (κ2) is 8.34. The van der Waals surface area contributed by atoms with Gasteiger partial charge in [0.2, 0.25) is 11.8 Å². The first-order valence-electron chi connectivity index (χ1n) is 9.06. The van der Waals surface area contributed by atoms with Crippen molar-refractivity contribution in [3.63, 3.8) is 0 Å². The summed E-state index contributed by atoms with van der Waals surface area (Å²) in [5.41, 5.74) is 5.16. The zero-order valence-corrected chi connectivity index (χ0v) is 16.9. The molecule has 0 saturated heterocycles. The molecule has 3 N–H and O–H groups in total. The lowest BCUT2D eigenvalue weighted by atomic mass is 10.1. The number of amides is 2. The number of halogens is 3. The van der Waals surface area contributed by atoms with Crippen molar-refractivity contribution in [3.05, 3.63) is 65.7 Å².